The zero-order valence-corrected chi connectivity index (χ0v) is 15.7. The fourth-order valence-corrected chi connectivity index (χ4v) is 4.18. The predicted octanol–water partition coefficient (Wildman–Crippen LogP) is 2.61. The molecular formula is C19H34N4O. The van der Waals surface area contributed by atoms with Crippen molar-refractivity contribution >= 4 is 0 Å². The number of ether oxygens (including phenoxy) is 1. The minimum absolute atomic E-state index is 0.389. The molecule has 2 atom stereocenters. The Morgan fingerprint density at radius 1 is 1.12 bits per heavy atom. The van der Waals surface area contributed by atoms with Crippen molar-refractivity contribution in [2.45, 2.75) is 65.3 Å². The Balaban J connectivity index is 1.36. The van der Waals surface area contributed by atoms with Crippen LogP contribution in [0.3, 0.4) is 0 Å². The summed E-state index contributed by atoms with van der Waals surface area (Å²) in [5.74, 6) is 0.896. The molecular weight excluding hydrogens is 300 g/mol. The van der Waals surface area contributed by atoms with Crippen LogP contribution in [0.4, 0.5) is 0 Å². The Hall–Kier alpha value is -0.910. The standard InChI is InChI=1S/C19H34N4O/c1-4-23-15-19(11-20-23)14-21-8-5-18(6-9-21)7-10-22-12-16(2)24-17(3)13-22/h11,15-18H,4-10,12-14H2,1-3H3/t16-,17-/m0/s1. The first-order valence-electron chi connectivity index (χ1n) is 9.74. The van der Waals surface area contributed by atoms with Crippen molar-refractivity contribution in [1.29, 1.82) is 0 Å². The number of likely N-dealkylation sites (tertiary alicyclic amines) is 1. The van der Waals surface area contributed by atoms with Crippen LogP contribution in [0.15, 0.2) is 12.4 Å². The summed E-state index contributed by atoms with van der Waals surface area (Å²) in [7, 11) is 0. The first-order chi connectivity index (χ1) is 11.6. The van der Waals surface area contributed by atoms with Gasteiger partial charge in [-0.15, -0.1) is 0 Å². The summed E-state index contributed by atoms with van der Waals surface area (Å²) in [5.41, 5.74) is 1.35. The van der Waals surface area contributed by atoms with Crippen LogP contribution in [0.25, 0.3) is 0 Å². The van der Waals surface area contributed by atoms with Crippen molar-refractivity contribution in [3.05, 3.63) is 18.0 Å². The molecule has 0 N–H and O–H groups in total. The average molecular weight is 335 g/mol. The molecule has 0 aliphatic carbocycles. The summed E-state index contributed by atoms with van der Waals surface area (Å²) in [6.45, 7) is 14.5. The number of morpholine rings is 1. The molecule has 0 unspecified atom stereocenters. The fraction of sp³-hybridized carbons (Fsp3) is 0.842. The Labute approximate surface area is 146 Å². The van der Waals surface area contributed by atoms with Gasteiger partial charge in [0.1, 0.15) is 0 Å². The number of nitrogens with zero attached hydrogens (tertiary/aromatic N) is 4. The molecule has 1 aromatic heterocycles. The lowest BCUT2D eigenvalue weighted by atomic mass is 9.93. The largest absolute Gasteiger partial charge is 0.373 e. The third-order valence-corrected chi connectivity index (χ3v) is 5.47. The van der Waals surface area contributed by atoms with E-state index in [1.165, 1.54) is 44.5 Å². The van der Waals surface area contributed by atoms with Crippen molar-refractivity contribution in [1.82, 2.24) is 19.6 Å². The molecule has 2 aliphatic rings. The van der Waals surface area contributed by atoms with Gasteiger partial charge >= 0.3 is 0 Å². The van der Waals surface area contributed by atoms with E-state index >= 15 is 0 Å². The lowest BCUT2D eigenvalue weighted by Gasteiger charge is -2.37. The predicted molar refractivity (Wildman–Crippen MR) is 97.0 cm³/mol. The third-order valence-electron chi connectivity index (χ3n) is 5.47. The minimum Gasteiger partial charge on any atom is -0.373 e. The maximum atomic E-state index is 5.83. The summed E-state index contributed by atoms with van der Waals surface area (Å²) in [6.07, 6.45) is 9.03. The maximum Gasteiger partial charge on any atom is 0.0678 e. The summed E-state index contributed by atoms with van der Waals surface area (Å²) in [6, 6.07) is 0. The second kappa shape index (κ2) is 8.45. The van der Waals surface area contributed by atoms with Crippen LogP contribution in [0.1, 0.15) is 45.6 Å². The minimum atomic E-state index is 0.389. The Kier molecular flexibility index (Phi) is 6.31. The van der Waals surface area contributed by atoms with E-state index < -0.39 is 0 Å². The molecule has 5 nitrogen and oxygen atoms in total. The average Bonchev–Trinajstić information content (AvgIpc) is 3.01. The molecule has 0 radical (unpaired) electrons. The first-order valence-corrected chi connectivity index (χ1v) is 9.74. The first kappa shape index (κ1) is 17.9. The quantitative estimate of drug-likeness (QED) is 0.801. The zero-order chi connectivity index (χ0) is 16.9. The molecule has 2 saturated heterocycles. The van der Waals surface area contributed by atoms with Crippen LogP contribution >= 0.6 is 0 Å². The highest BCUT2D eigenvalue weighted by atomic mass is 16.5. The molecule has 0 saturated carbocycles. The maximum absolute atomic E-state index is 5.83. The summed E-state index contributed by atoms with van der Waals surface area (Å²) < 4.78 is 7.85. The van der Waals surface area contributed by atoms with Gasteiger partial charge in [0.15, 0.2) is 0 Å². The van der Waals surface area contributed by atoms with Crippen LogP contribution in [-0.4, -0.2) is 64.5 Å². The van der Waals surface area contributed by atoms with Crippen LogP contribution in [-0.2, 0) is 17.8 Å². The lowest BCUT2D eigenvalue weighted by Crippen LogP contribution is -2.46. The van der Waals surface area contributed by atoms with E-state index in [1.807, 2.05) is 10.9 Å². The SMILES string of the molecule is CCn1cc(CN2CCC(CCN3C[C@H](C)O[C@@H](C)C3)CC2)cn1. The molecule has 2 fully saturated rings. The number of hydrogen-bond donors (Lipinski definition) is 0. The molecule has 1 aromatic rings. The summed E-state index contributed by atoms with van der Waals surface area (Å²) >= 11 is 0. The smallest absolute Gasteiger partial charge is 0.0678 e. The van der Waals surface area contributed by atoms with Crippen molar-refractivity contribution in [2.75, 3.05) is 32.7 Å². The second-order valence-electron chi connectivity index (χ2n) is 7.73. The van der Waals surface area contributed by atoms with Crippen LogP contribution in [0.5, 0.6) is 0 Å². The monoisotopic (exact) mass is 334 g/mol. The molecule has 136 valence electrons. The van der Waals surface area contributed by atoms with Crippen molar-refractivity contribution in [3.8, 4) is 0 Å². The highest BCUT2D eigenvalue weighted by Gasteiger charge is 2.24. The fourth-order valence-electron chi connectivity index (χ4n) is 4.18. The number of aryl methyl sites for hydroxylation is 1. The summed E-state index contributed by atoms with van der Waals surface area (Å²) in [5, 5.41) is 4.38. The van der Waals surface area contributed by atoms with E-state index in [9.17, 15) is 0 Å². The molecule has 24 heavy (non-hydrogen) atoms. The number of hydrogen-bond acceptors (Lipinski definition) is 4. The molecule has 0 aromatic carbocycles. The van der Waals surface area contributed by atoms with Gasteiger partial charge in [-0.05, 0) is 65.6 Å². The van der Waals surface area contributed by atoms with E-state index in [0.29, 0.717) is 12.2 Å². The highest BCUT2D eigenvalue weighted by molar-refractivity contribution is 5.03. The molecule has 0 bridgehead atoms. The Morgan fingerprint density at radius 3 is 2.46 bits per heavy atom. The van der Waals surface area contributed by atoms with Gasteiger partial charge in [0, 0.05) is 37.9 Å². The summed E-state index contributed by atoms with van der Waals surface area (Å²) in [4.78, 5) is 5.19. The molecule has 0 amide bonds. The van der Waals surface area contributed by atoms with Gasteiger partial charge in [-0.25, -0.2) is 0 Å². The van der Waals surface area contributed by atoms with Crippen LogP contribution in [0, 0.1) is 5.92 Å². The molecule has 5 heteroatoms. The number of aromatic nitrogens is 2. The van der Waals surface area contributed by atoms with Crippen molar-refractivity contribution in [2.24, 2.45) is 5.92 Å². The molecule has 0 spiro atoms. The van der Waals surface area contributed by atoms with Gasteiger partial charge in [0.2, 0.25) is 0 Å². The van der Waals surface area contributed by atoms with Gasteiger partial charge in [-0.2, -0.15) is 5.10 Å². The number of rotatable bonds is 6. The second-order valence-corrected chi connectivity index (χ2v) is 7.73. The van der Waals surface area contributed by atoms with E-state index in [-0.39, 0.29) is 0 Å². The van der Waals surface area contributed by atoms with Crippen LogP contribution < -0.4 is 0 Å². The highest BCUT2D eigenvalue weighted by Crippen LogP contribution is 2.23. The Morgan fingerprint density at radius 2 is 1.83 bits per heavy atom. The molecule has 2 aliphatic heterocycles. The van der Waals surface area contributed by atoms with Crippen LogP contribution in [0.2, 0.25) is 0 Å². The van der Waals surface area contributed by atoms with E-state index in [2.05, 4.69) is 41.9 Å². The topological polar surface area (TPSA) is 33.5 Å². The van der Waals surface area contributed by atoms with E-state index in [4.69, 9.17) is 4.74 Å². The number of piperidine rings is 1. The Bertz CT molecular complexity index is 485. The van der Waals surface area contributed by atoms with Crippen molar-refractivity contribution < 1.29 is 4.74 Å². The van der Waals surface area contributed by atoms with Gasteiger partial charge in [-0.1, -0.05) is 0 Å². The third kappa shape index (κ3) is 5.04. The lowest BCUT2D eigenvalue weighted by molar-refractivity contribution is -0.0693. The van der Waals surface area contributed by atoms with Gasteiger partial charge in [0.25, 0.3) is 0 Å². The molecule has 3 rings (SSSR count). The van der Waals surface area contributed by atoms with Gasteiger partial charge < -0.3 is 4.74 Å². The normalized spacial score (nSPS) is 27.6. The van der Waals surface area contributed by atoms with E-state index in [0.717, 1.165) is 32.1 Å². The molecule has 3 heterocycles. The van der Waals surface area contributed by atoms with Gasteiger partial charge in [0.05, 0.1) is 18.4 Å². The van der Waals surface area contributed by atoms with E-state index in [1.54, 1.807) is 0 Å². The van der Waals surface area contributed by atoms with Crippen molar-refractivity contribution in [3.63, 3.8) is 0 Å². The van der Waals surface area contributed by atoms with Gasteiger partial charge in [-0.3, -0.25) is 14.5 Å². The zero-order valence-electron chi connectivity index (χ0n) is 15.7.